The number of aliphatic carboxylic acids is 1. The molecule has 0 aliphatic heterocycles. The molecule has 0 saturated carbocycles. The Morgan fingerprint density at radius 2 is 1.40 bits per heavy atom. The van der Waals surface area contributed by atoms with Crippen LogP contribution in [-0.2, 0) is 4.79 Å². The van der Waals surface area contributed by atoms with E-state index in [-0.39, 0.29) is 5.57 Å². The van der Waals surface area contributed by atoms with E-state index in [1.54, 1.807) is 18.2 Å². The third-order valence-electron chi connectivity index (χ3n) is 2.75. The summed E-state index contributed by atoms with van der Waals surface area (Å²) in [6, 6.07) is 0. The van der Waals surface area contributed by atoms with Crippen LogP contribution in [0.1, 0.15) is 12.8 Å². The van der Waals surface area contributed by atoms with E-state index in [1.165, 1.54) is 0 Å². The molecule has 0 aliphatic carbocycles. The fraction of sp³-hybridized carbons (Fsp3) is 0.400. The number of carboxylic acids is 1. The van der Waals surface area contributed by atoms with Gasteiger partial charge in [-0.25, -0.2) is 4.79 Å². The highest BCUT2D eigenvalue weighted by Crippen LogP contribution is 2.12. The van der Waals surface area contributed by atoms with Crippen LogP contribution in [0.5, 0.6) is 0 Å². The molecule has 0 spiro atoms. The van der Waals surface area contributed by atoms with Crippen LogP contribution < -0.4 is 16.0 Å². The number of nitrogens with one attached hydrogen (secondary N) is 3. The first-order valence-electron chi connectivity index (χ1n) is 6.50. The molecule has 0 aromatic heterocycles. The maximum atomic E-state index is 10.8. The van der Waals surface area contributed by atoms with Gasteiger partial charge < -0.3 is 5.11 Å². The summed E-state index contributed by atoms with van der Waals surface area (Å²) < 4.78 is 0. The van der Waals surface area contributed by atoms with Gasteiger partial charge in [-0.05, 0) is 12.8 Å². The van der Waals surface area contributed by atoms with Gasteiger partial charge in [-0.15, -0.1) is 19.7 Å². The zero-order valence-corrected chi connectivity index (χ0v) is 12.0. The van der Waals surface area contributed by atoms with Crippen molar-refractivity contribution in [2.45, 2.75) is 18.6 Å². The van der Waals surface area contributed by atoms with Crippen LogP contribution in [0.4, 0.5) is 0 Å². The van der Waals surface area contributed by atoms with Crippen molar-refractivity contribution in [2.75, 3.05) is 19.6 Å². The minimum Gasteiger partial charge on any atom is -0.478 e. The molecule has 0 saturated heterocycles. The fourth-order valence-electron chi connectivity index (χ4n) is 1.64. The summed E-state index contributed by atoms with van der Waals surface area (Å²) in [5, 5.41) is 18.7. The van der Waals surface area contributed by atoms with Gasteiger partial charge in [0.2, 0.25) is 0 Å². The third-order valence-corrected chi connectivity index (χ3v) is 2.75. The van der Waals surface area contributed by atoms with Crippen molar-refractivity contribution in [2.24, 2.45) is 0 Å². The van der Waals surface area contributed by atoms with Gasteiger partial charge in [0.05, 0.1) is 0 Å². The summed E-state index contributed by atoms with van der Waals surface area (Å²) in [4.78, 5) is 10.8. The Labute approximate surface area is 121 Å². The van der Waals surface area contributed by atoms with E-state index in [2.05, 4.69) is 42.3 Å². The molecule has 5 heteroatoms. The van der Waals surface area contributed by atoms with Crippen LogP contribution >= 0.6 is 0 Å². The van der Waals surface area contributed by atoms with E-state index >= 15 is 0 Å². The number of hydrogen-bond donors (Lipinski definition) is 4. The van der Waals surface area contributed by atoms with Crippen LogP contribution in [0.3, 0.4) is 0 Å². The molecule has 0 amide bonds. The molecule has 0 unspecified atom stereocenters. The highest BCUT2D eigenvalue weighted by atomic mass is 16.4. The lowest BCUT2D eigenvalue weighted by molar-refractivity contribution is -0.132. The number of carboxylic acid groups (broad SMARTS) is 1. The maximum absolute atomic E-state index is 10.8. The molecular formula is C15H25N3O2. The molecule has 0 aromatic carbocycles. The fourth-order valence-corrected chi connectivity index (χ4v) is 1.64. The quantitative estimate of drug-likeness (QED) is 0.233. The molecule has 0 radical (unpaired) electrons. The summed E-state index contributed by atoms with van der Waals surface area (Å²) in [6.07, 6.45) is 6.10. The Hall–Kier alpha value is -1.69. The molecule has 4 N–H and O–H groups in total. The molecule has 20 heavy (non-hydrogen) atoms. The van der Waals surface area contributed by atoms with E-state index in [0.29, 0.717) is 32.5 Å². The molecular weight excluding hydrogens is 254 g/mol. The largest absolute Gasteiger partial charge is 0.478 e. The summed E-state index contributed by atoms with van der Waals surface area (Å²) in [6.45, 7) is 16.3. The molecule has 5 nitrogen and oxygen atoms in total. The van der Waals surface area contributed by atoms with Crippen LogP contribution in [0, 0.1) is 0 Å². The molecule has 0 bridgehead atoms. The molecule has 112 valence electrons. The highest BCUT2D eigenvalue weighted by Gasteiger charge is 2.27. The Bertz CT molecular complexity index is 333. The first kappa shape index (κ1) is 18.3. The first-order chi connectivity index (χ1) is 9.51. The zero-order chi connectivity index (χ0) is 15.4. The molecule has 0 heterocycles. The smallest absolute Gasteiger partial charge is 0.330 e. The van der Waals surface area contributed by atoms with Crippen molar-refractivity contribution in [3.63, 3.8) is 0 Å². The van der Waals surface area contributed by atoms with Crippen LogP contribution in [0.15, 0.2) is 50.1 Å². The van der Waals surface area contributed by atoms with Gasteiger partial charge in [0.25, 0.3) is 0 Å². The van der Waals surface area contributed by atoms with Crippen LogP contribution in [-0.4, -0.2) is 36.5 Å². The SMILES string of the molecule is C=CCNC(CCC(=C)C(=O)O)(NCC=C)NCC=C. The molecule has 0 aromatic rings. The predicted molar refractivity (Wildman–Crippen MR) is 83.3 cm³/mol. The van der Waals surface area contributed by atoms with Gasteiger partial charge in [-0.3, -0.25) is 16.0 Å². The normalized spacial score (nSPS) is 10.8. The van der Waals surface area contributed by atoms with E-state index in [1.807, 2.05) is 0 Å². The summed E-state index contributed by atoms with van der Waals surface area (Å²) in [5.74, 6) is -1.59. The maximum Gasteiger partial charge on any atom is 0.330 e. The first-order valence-corrected chi connectivity index (χ1v) is 6.50. The Kier molecular flexibility index (Phi) is 9.28. The zero-order valence-electron chi connectivity index (χ0n) is 12.0. The number of carbonyl (C=O) groups is 1. The molecule has 0 fully saturated rings. The van der Waals surface area contributed by atoms with Crippen molar-refractivity contribution in [3.8, 4) is 0 Å². The van der Waals surface area contributed by atoms with Gasteiger partial charge in [0.15, 0.2) is 0 Å². The molecule has 0 aliphatic rings. The lowest BCUT2D eigenvalue weighted by Crippen LogP contribution is -2.66. The van der Waals surface area contributed by atoms with E-state index in [0.717, 1.165) is 0 Å². The summed E-state index contributed by atoms with van der Waals surface area (Å²) >= 11 is 0. The van der Waals surface area contributed by atoms with Gasteiger partial charge in [0.1, 0.15) is 5.79 Å². The standard InChI is InChI=1S/C15H25N3O2/c1-5-10-16-15(17-11-6-2,18-12-7-3)9-8-13(4)14(19)20/h5-7,16-18H,1-4,8-12H2,(H,19,20). The molecule has 0 atom stereocenters. The number of rotatable bonds is 13. The average molecular weight is 279 g/mol. The second-order valence-corrected chi connectivity index (χ2v) is 4.32. The second-order valence-electron chi connectivity index (χ2n) is 4.32. The van der Waals surface area contributed by atoms with E-state index < -0.39 is 11.8 Å². The Morgan fingerprint density at radius 1 is 1.00 bits per heavy atom. The number of hydrogen-bond acceptors (Lipinski definition) is 4. The van der Waals surface area contributed by atoms with Crippen molar-refractivity contribution in [3.05, 3.63) is 50.1 Å². The lowest BCUT2D eigenvalue weighted by Gasteiger charge is -2.36. The average Bonchev–Trinajstić information content (AvgIpc) is 2.45. The van der Waals surface area contributed by atoms with Crippen LogP contribution in [0.2, 0.25) is 0 Å². The van der Waals surface area contributed by atoms with E-state index in [4.69, 9.17) is 5.11 Å². The topological polar surface area (TPSA) is 73.4 Å². The highest BCUT2D eigenvalue weighted by molar-refractivity contribution is 5.85. The van der Waals surface area contributed by atoms with Crippen molar-refractivity contribution in [1.29, 1.82) is 0 Å². The molecule has 0 rings (SSSR count). The summed E-state index contributed by atoms with van der Waals surface area (Å²) in [7, 11) is 0. The Morgan fingerprint density at radius 3 is 1.70 bits per heavy atom. The van der Waals surface area contributed by atoms with E-state index in [9.17, 15) is 4.79 Å². The van der Waals surface area contributed by atoms with Gasteiger partial charge >= 0.3 is 5.97 Å². The lowest BCUT2D eigenvalue weighted by atomic mass is 10.1. The van der Waals surface area contributed by atoms with Crippen LogP contribution in [0.25, 0.3) is 0 Å². The summed E-state index contributed by atoms with van der Waals surface area (Å²) in [5.41, 5.74) is 0.176. The second kappa shape index (κ2) is 10.1. The third kappa shape index (κ3) is 7.04. The van der Waals surface area contributed by atoms with Gasteiger partial charge in [-0.1, -0.05) is 24.8 Å². The van der Waals surface area contributed by atoms with Crippen molar-refractivity contribution < 1.29 is 9.90 Å². The van der Waals surface area contributed by atoms with Gasteiger partial charge in [0, 0.05) is 25.2 Å². The minimum atomic E-state index is -0.977. The van der Waals surface area contributed by atoms with Gasteiger partial charge in [-0.2, -0.15) is 0 Å². The van der Waals surface area contributed by atoms with Crippen molar-refractivity contribution >= 4 is 5.97 Å². The predicted octanol–water partition coefficient (Wildman–Crippen LogP) is 1.39. The Balaban J connectivity index is 4.86. The minimum absolute atomic E-state index is 0.176. The van der Waals surface area contributed by atoms with Crippen molar-refractivity contribution in [1.82, 2.24) is 16.0 Å². The monoisotopic (exact) mass is 279 g/mol.